The lowest BCUT2D eigenvalue weighted by Gasteiger charge is -2.54. The van der Waals surface area contributed by atoms with Crippen molar-refractivity contribution in [3.63, 3.8) is 0 Å². The number of halogens is 4. The molecule has 36 heavy (non-hydrogen) atoms. The molecular formula is C27H18BrCl3N2O3. The number of alkyl halides is 2. The summed E-state index contributed by atoms with van der Waals surface area (Å²) in [4.78, 5) is 39.6. The number of amides is 3. The Morgan fingerprint density at radius 2 is 1.33 bits per heavy atom. The number of anilines is 1. The lowest BCUT2D eigenvalue weighted by atomic mass is 9.54. The summed E-state index contributed by atoms with van der Waals surface area (Å²) in [5, 5.41) is 3.04. The fraction of sp³-hybridized carbons (Fsp3) is 0.222. The molecule has 182 valence electrons. The van der Waals surface area contributed by atoms with E-state index < -0.39 is 45.3 Å². The van der Waals surface area contributed by atoms with Crippen molar-refractivity contribution in [2.75, 3.05) is 5.32 Å². The van der Waals surface area contributed by atoms with Crippen LogP contribution in [0.25, 0.3) is 0 Å². The van der Waals surface area contributed by atoms with Crippen LogP contribution in [0.1, 0.15) is 29.2 Å². The van der Waals surface area contributed by atoms with Crippen LogP contribution in [0.3, 0.4) is 0 Å². The first-order chi connectivity index (χ1) is 17.1. The van der Waals surface area contributed by atoms with Crippen LogP contribution in [0, 0.1) is 11.8 Å². The molecule has 9 heteroatoms. The SMILES string of the molecule is C[C@H](C(=O)Nc1ccc(Br)cc1Cl)N1C(=O)[C@@H]2[C@@H](C1=O)C1(Cl)c3ccccc3C2(Cl)c2ccccc21. The molecule has 0 saturated carbocycles. The first-order valence-electron chi connectivity index (χ1n) is 11.3. The summed E-state index contributed by atoms with van der Waals surface area (Å²) in [6.07, 6.45) is 0. The van der Waals surface area contributed by atoms with Gasteiger partial charge in [0.05, 0.1) is 22.5 Å². The first-order valence-corrected chi connectivity index (χ1v) is 13.2. The highest BCUT2D eigenvalue weighted by atomic mass is 79.9. The minimum Gasteiger partial charge on any atom is -0.323 e. The number of imide groups is 1. The van der Waals surface area contributed by atoms with Crippen LogP contribution >= 0.6 is 50.7 Å². The second-order valence-corrected chi connectivity index (χ2v) is 11.8. The Labute approximate surface area is 230 Å². The van der Waals surface area contributed by atoms with Gasteiger partial charge in [0.2, 0.25) is 17.7 Å². The molecule has 2 bridgehead atoms. The highest BCUT2D eigenvalue weighted by Crippen LogP contribution is 2.69. The maximum absolute atomic E-state index is 14.0. The normalized spacial score (nSPS) is 28.4. The van der Waals surface area contributed by atoms with Crippen molar-refractivity contribution < 1.29 is 14.4 Å². The van der Waals surface area contributed by atoms with E-state index in [9.17, 15) is 14.4 Å². The fourth-order valence-electron chi connectivity index (χ4n) is 6.02. The van der Waals surface area contributed by atoms with Gasteiger partial charge in [0, 0.05) is 4.47 Å². The van der Waals surface area contributed by atoms with Gasteiger partial charge in [-0.05, 0) is 47.4 Å². The number of carbonyl (C=O) groups excluding carboxylic acids is 3. The van der Waals surface area contributed by atoms with Crippen molar-refractivity contribution in [3.05, 3.63) is 98.5 Å². The summed E-state index contributed by atoms with van der Waals surface area (Å²) >= 11 is 24.4. The van der Waals surface area contributed by atoms with E-state index in [0.717, 1.165) is 9.37 Å². The van der Waals surface area contributed by atoms with Crippen LogP contribution in [0.2, 0.25) is 5.02 Å². The maximum atomic E-state index is 14.0. The van der Waals surface area contributed by atoms with E-state index in [1.807, 2.05) is 48.5 Å². The highest BCUT2D eigenvalue weighted by Gasteiger charge is 2.73. The van der Waals surface area contributed by atoms with E-state index in [0.29, 0.717) is 33.0 Å². The molecule has 4 aliphatic rings. The fourth-order valence-corrected chi connectivity index (χ4v) is 7.83. The zero-order valence-corrected chi connectivity index (χ0v) is 22.6. The van der Waals surface area contributed by atoms with Crippen molar-refractivity contribution in [2.45, 2.75) is 22.7 Å². The number of hydrogen-bond donors (Lipinski definition) is 1. The Bertz CT molecular complexity index is 1370. The minimum absolute atomic E-state index is 0.320. The lowest BCUT2D eigenvalue weighted by molar-refractivity contribution is -0.146. The van der Waals surface area contributed by atoms with Crippen molar-refractivity contribution in [1.82, 2.24) is 4.90 Å². The Balaban J connectivity index is 1.44. The van der Waals surface area contributed by atoms with E-state index in [-0.39, 0.29) is 0 Å². The van der Waals surface area contributed by atoms with Gasteiger partial charge in [-0.2, -0.15) is 0 Å². The Morgan fingerprint density at radius 3 is 1.75 bits per heavy atom. The van der Waals surface area contributed by atoms with E-state index in [2.05, 4.69) is 21.2 Å². The van der Waals surface area contributed by atoms with Gasteiger partial charge in [0.15, 0.2) is 0 Å². The van der Waals surface area contributed by atoms with Gasteiger partial charge < -0.3 is 5.32 Å². The molecule has 3 aliphatic carbocycles. The molecular weight excluding hydrogens is 587 g/mol. The number of likely N-dealkylation sites (tertiary alicyclic amines) is 1. The van der Waals surface area contributed by atoms with Crippen LogP contribution in [0.15, 0.2) is 71.2 Å². The van der Waals surface area contributed by atoms with Crippen molar-refractivity contribution in [3.8, 4) is 0 Å². The predicted molar refractivity (Wildman–Crippen MR) is 142 cm³/mol. The zero-order chi connectivity index (χ0) is 25.6. The van der Waals surface area contributed by atoms with Crippen molar-refractivity contribution >= 4 is 74.1 Å². The Kier molecular flexibility index (Phi) is 5.37. The average Bonchev–Trinajstić information content (AvgIpc) is 3.14. The van der Waals surface area contributed by atoms with Gasteiger partial charge >= 0.3 is 0 Å². The third-order valence-electron chi connectivity index (χ3n) is 7.58. The molecule has 0 aromatic heterocycles. The van der Waals surface area contributed by atoms with E-state index in [1.54, 1.807) is 18.2 Å². The van der Waals surface area contributed by atoms with Crippen molar-refractivity contribution in [2.24, 2.45) is 11.8 Å². The molecule has 3 aromatic carbocycles. The highest BCUT2D eigenvalue weighted by molar-refractivity contribution is 9.10. The molecule has 5 nitrogen and oxygen atoms in total. The topological polar surface area (TPSA) is 66.5 Å². The molecule has 1 saturated heterocycles. The summed E-state index contributed by atoms with van der Waals surface area (Å²) < 4.78 is 0.752. The molecule has 0 unspecified atom stereocenters. The molecule has 3 aromatic rings. The molecule has 0 spiro atoms. The van der Waals surface area contributed by atoms with Gasteiger partial charge in [-0.25, -0.2) is 0 Å². The Morgan fingerprint density at radius 1 is 0.889 bits per heavy atom. The molecule has 0 radical (unpaired) electrons. The molecule has 3 atom stereocenters. The maximum Gasteiger partial charge on any atom is 0.247 e. The number of hydrogen-bond acceptors (Lipinski definition) is 3. The van der Waals surface area contributed by atoms with E-state index >= 15 is 0 Å². The third kappa shape index (κ3) is 2.93. The third-order valence-corrected chi connectivity index (χ3v) is 9.67. The van der Waals surface area contributed by atoms with Crippen LogP contribution < -0.4 is 5.32 Å². The van der Waals surface area contributed by atoms with E-state index in [4.69, 9.17) is 34.8 Å². The average molecular weight is 605 g/mol. The molecule has 7 rings (SSSR count). The largest absolute Gasteiger partial charge is 0.323 e. The van der Waals surface area contributed by atoms with Gasteiger partial charge in [-0.15, -0.1) is 23.2 Å². The number of rotatable bonds is 3. The predicted octanol–water partition coefficient (Wildman–Crippen LogP) is 6.02. The zero-order valence-electron chi connectivity index (χ0n) is 18.8. The molecule has 1 heterocycles. The number of nitrogens with zero attached hydrogens (tertiary/aromatic N) is 1. The standard InChI is InChI=1S/C27H18BrCl3N2O3/c1-13(23(34)32-20-11-10-14(28)12-19(20)29)33-24(35)21-22(25(33)36)27(31)16-7-3-2-6-15(16)26(21,30)17-8-4-5-9-18(17)27/h2-13,21-22H,1H3,(H,32,34)/t13-,21+,22+,26?,27?/m1/s1. The lowest BCUT2D eigenvalue weighted by Crippen LogP contribution is -2.57. The van der Waals surface area contributed by atoms with Crippen LogP contribution in [0.4, 0.5) is 5.69 Å². The minimum atomic E-state index is -1.29. The summed E-state index contributed by atoms with van der Waals surface area (Å²) in [7, 11) is 0. The second kappa shape index (κ2) is 8.06. The molecule has 3 amide bonds. The quantitative estimate of drug-likeness (QED) is 0.294. The van der Waals surface area contributed by atoms with Crippen LogP contribution in [0.5, 0.6) is 0 Å². The first kappa shape index (κ1) is 24.0. The Hall–Kier alpha value is -2.38. The molecule has 1 N–H and O–H groups in total. The molecule has 1 fully saturated rings. The van der Waals surface area contributed by atoms with Crippen molar-refractivity contribution in [1.29, 1.82) is 0 Å². The summed E-state index contributed by atoms with van der Waals surface area (Å²) in [6.45, 7) is 1.51. The van der Waals surface area contributed by atoms with Gasteiger partial charge in [-0.1, -0.05) is 76.1 Å². The smallest absolute Gasteiger partial charge is 0.247 e. The summed E-state index contributed by atoms with van der Waals surface area (Å²) in [5.41, 5.74) is 3.22. The van der Waals surface area contributed by atoms with Gasteiger partial charge in [0.25, 0.3) is 0 Å². The van der Waals surface area contributed by atoms with Crippen LogP contribution in [-0.2, 0) is 24.1 Å². The summed E-state index contributed by atoms with van der Waals surface area (Å²) in [6, 6.07) is 18.7. The van der Waals surface area contributed by atoms with Gasteiger partial charge in [0.1, 0.15) is 15.8 Å². The second-order valence-electron chi connectivity index (χ2n) is 9.31. The van der Waals surface area contributed by atoms with E-state index in [1.165, 1.54) is 6.92 Å². The van der Waals surface area contributed by atoms with Gasteiger partial charge in [-0.3, -0.25) is 19.3 Å². The monoisotopic (exact) mass is 602 g/mol. The summed E-state index contributed by atoms with van der Waals surface area (Å²) in [5.74, 6) is -3.49. The van der Waals surface area contributed by atoms with Crippen LogP contribution in [-0.4, -0.2) is 28.7 Å². The number of benzene rings is 3. The molecule has 1 aliphatic heterocycles. The number of nitrogens with one attached hydrogen (secondary N) is 1. The number of carbonyl (C=O) groups is 3.